The Bertz CT molecular complexity index is 367. The summed E-state index contributed by atoms with van der Waals surface area (Å²) in [5, 5.41) is 8.80. The minimum absolute atomic E-state index is 0.194. The molecule has 18 heavy (non-hydrogen) atoms. The van der Waals surface area contributed by atoms with Gasteiger partial charge in [0, 0.05) is 25.9 Å². The SMILES string of the molecule is CCN(CCCO)Cc1ccc(C(=O)NN)cn1. The number of rotatable bonds is 7. The Kier molecular flexibility index (Phi) is 6.27. The summed E-state index contributed by atoms with van der Waals surface area (Å²) in [6.45, 7) is 4.70. The van der Waals surface area contributed by atoms with Crippen molar-refractivity contribution in [3.63, 3.8) is 0 Å². The number of aliphatic hydroxyl groups is 1. The molecule has 0 saturated heterocycles. The fraction of sp³-hybridized carbons (Fsp3) is 0.500. The predicted octanol–water partition coefficient (Wildman–Crippen LogP) is -0.111. The molecule has 0 spiro atoms. The molecule has 0 atom stereocenters. The van der Waals surface area contributed by atoms with Crippen molar-refractivity contribution in [2.24, 2.45) is 5.84 Å². The highest BCUT2D eigenvalue weighted by molar-refractivity contribution is 5.93. The fourth-order valence-electron chi connectivity index (χ4n) is 1.61. The molecule has 1 aromatic heterocycles. The van der Waals surface area contributed by atoms with E-state index < -0.39 is 0 Å². The number of aromatic nitrogens is 1. The molecule has 1 aromatic rings. The number of nitrogen functional groups attached to an aromatic ring is 1. The highest BCUT2D eigenvalue weighted by atomic mass is 16.3. The largest absolute Gasteiger partial charge is 0.396 e. The number of nitrogens with two attached hydrogens (primary N) is 1. The van der Waals surface area contributed by atoms with Crippen molar-refractivity contribution < 1.29 is 9.90 Å². The van der Waals surface area contributed by atoms with Crippen molar-refractivity contribution in [3.8, 4) is 0 Å². The summed E-state index contributed by atoms with van der Waals surface area (Å²) in [6, 6.07) is 3.51. The number of hydrogen-bond acceptors (Lipinski definition) is 5. The molecule has 6 nitrogen and oxygen atoms in total. The van der Waals surface area contributed by atoms with Crippen LogP contribution in [0.4, 0.5) is 0 Å². The second kappa shape index (κ2) is 7.75. The lowest BCUT2D eigenvalue weighted by Crippen LogP contribution is -2.30. The minimum atomic E-state index is -0.346. The minimum Gasteiger partial charge on any atom is -0.396 e. The number of nitrogens with zero attached hydrogens (tertiary/aromatic N) is 2. The van der Waals surface area contributed by atoms with Crippen LogP contribution in [0.15, 0.2) is 18.3 Å². The second-order valence-electron chi connectivity index (χ2n) is 3.96. The molecule has 6 heteroatoms. The highest BCUT2D eigenvalue weighted by Gasteiger charge is 2.07. The van der Waals surface area contributed by atoms with Gasteiger partial charge in [-0.3, -0.25) is 20.1 Å². The molecular formula is C12H20N4O2. The van der Waals surface area contributed by atoms with E-state index in [0.29, 0.717) is 12.1 Å². The average Bonchev–Trinajstić information content (AvgIpc) is 2.43. The van der Waals surface area contributed by atoms with E-state index in [1.807, 2.05) is 6.07 Å². The van der Waals surface area contributed by atoms with E-state index in [-0.39, 0.29) is 12.5 Å². The Hall–Kier alpha value is -1.50. The van der Waals surface area contributed by atoms with E-state index in [1.54, 1.807) is 6.07 Å². The van der Waals surface area contributed by atoms with Crippen molar-refractivity contribution in [2.45, 2.75) is 19.9 Å². The molecule has 4 N–H and O–H groups in total. The average molecular weight is 252 g/mol. The van der Waals surface area contributed by atoms with Crippen molar-refractivity contribution in [1.29, 1.82) is 0 Å². The quantitative estimate of drug-likeness (QED) is 0.358. The van der Waals surface area contributed by atoms with E-state index >= 15 is 0 Å². The molecule has 0 aliphatic heterocycles. The van der Waals surface area contributed by atoms with Gasteiger partial charge in [0.1, 0.15) is 0 Å². The number of carbonyl (C=O) groups excluding carboxylic acids is 1. The third-order valence-corrected chi connectivity index (χ3v) is 2.68. The van der Waals surface area contributed by atoms with E-state index in [0.717, 1.165) is 25.2 Å². The molecule has 1 heterocycles. The number of amides is 1. The zero-order valence-corrected chi connectivity index (χ0v) is 10.6. The van der Waals surface area contributed by atoms with E-state index in [9.17, 15) is 4.79 Å². The lowest BCUT2D eigenvalue weighted by molar-refractivity contribution is 0.0953. The third-order valence-electron chi connectivity index (χ3n) is 2.68. The van der Waals surface area contributed by atoms with Gasteiger partial charge in [-0.2, -0.15) is 0 Å². The summed E-state index contributed by atoms with van der Waals surface area (Å²) in [5.41, 5.74) is 3.40. The first-order chi connectivity index (χ1) is 8.71. The standard InChI is InChI=1S/C12H20N4O2/c1-2-16(6-3-7-17)9-11-5-4-10(8-14-11)12(18)15-13/h4-5,8,17H,2-3,6-7,9,13H2,1H3,(H,15,18). The molecule has 0 saturated carbocycles. The molecule has 0 radical (unpaired) electrons. The van der Waals surface area contributed by atoms with Gasteiger partial charge in [-0.15, -0.1) is 0 Å². The first kappa shape index (κ1) is 14.6. The van der Waals surface area contributed by atoms with Crippen LogP contribution in [0.3, 0.4) is 0 Å². The predicted molar refractivity (Wildman–Crippen MR) is 68.5 cm³/mol. The zero-order valence-electron chi connectivity index (χ0n) is 10.6. The fourth-order valence-corrected chi connectivity index (χ4v) is 1.61. The number of pyridine rings is 1. The Morgan fingerprint density at radius 1 is 1.56 bits per heavy atom. The maximum Gasteiger partial charge on any atom is 0.266 e. The van der Waals surface area contributed by atoms with Crippen LogP contribution in [-0.2, 0) is 6.54 Å². The zero-order chi connectivity index (χ0) is 13.4. The van der Waals surface area contributed by atoms with Crippen molar-refractivity contribution in [3.05, 3.63) is 29.6 Å². The molecule has 0 aliphatic carbocycles. The van der Waals surface area contributed by atoms with Crippen LogP contribution in [0.25, 0.3) is 0 Å². The Morgan fingerprint density at radius 3 is 2.83 bits per heavy atom. The topological polar surface area (TPSA) is 91.5 Å². The molecule has 0 fully saturated rings. The van der Waals surface area contributed by atoms with Gasteiger partial charge in [0.2, 0.25) is 0 Å². The second-order valence-corrected chi connectivity index (χ2v) is 3.96. The summed E-state index contributed by atoms with van der Waals surface area (Å²) in [4.78, 5) is 17.6. The molecule has 1 rings (SSSR count). The van der Waals surface area contributed by atoms with E-state index in [2.05, 4.69) is 22.2 Å². The van der Waals surface area contributed by atoms with E-state index in [4.69, 9.17) is 10.9 Å². The molecule has 100 valence electrons. The van der Waals surface area contributed by atoms with E-state index in [1.165, 1.54) is 6.20 Å². The molecule has 1 amide bonds. The van der Waals surface area contributed by atoms with Gasteiger partial charge in [-0.05, 0) is 25.1 Å². The molecule has 0 aromatic carbocycles. The number of hydrazine groups is 1. The van der Waals surface area contributed by atoms with Crippen LogP contribution < -0.4 is 11.3 Å². The van der Waals surface area contributed by atoms with Crippen LogP contribution in [0.2, 0.25) is 0 Å². The van der Waals surface area contributed by atoms with Crippen LogP contribution >= 0.6 is 0 Å². The molecule has 0 aliphatic rings. The number of hydrogen-bond donors (Lipinski definition) is 3. The highest BCUT2D eigenvalue weighted by Crippen LogP contribution is 2.04. The van der Waals surface area contributed by atoms with Gasteiger partial charge in [0.15, 0.2) is 0 Å². The lowest BCUT2D eigenvalue weighted by Gasteiger charge is -2.19. The van der Waals surface area contributed by atoms with Gasteiger partial charge in [-0.1, -0.05) is 6.92 Å². The van der Waals surface area contributed by atoms with Crippen LogP contribution in [0.5, 0.6) is 0 Å². The molecular weight excluding hydrogens is 232 g/mol. The van der Waals surface area contributed by atoms with Crippen molar-refractivity contribution in [1.82, 2.24) is 15.3 Å². The lowest BCUT2D eigenvalue weighted by atomic mass is 10.2. The number of nitrogens with one attached hydrogen (secondary N) is 1. The summed E-state index contributed by atoms with van der Waals surface area (Å²) < 4.78 is 0. The Balaban J connectivity index is 2.59. The van der Waals surface area contributed by atoms with Crippen LogP contribution in [0, 0.1) is 0 Å². The van der Waals surface area contributed by atoms with Gasteiger partial charge < -0.3 is 5.11 Å². The number of carbonyl (C=O) groups is 1. The molecule has 0 bridgehead atoms. The molecule has 0 unspecified atom stereocenters. The Labute approximate surface area is 107 Å². The van der Waals surface area contributed by atoms with Crippen LogP contribution in [-0.4, -0.2) is 40.6 Å². The van der Waals surface area contributed by atoms with Gasteiger partial charge in [-0.25, -0.2) is 5.84 Å². The maximum absolute atomic E-state index is 11.2. The van der Waals surface area contributed by atoms with Crippen molar-refractivity contribution >= 4 is 5.91 Å². The summed E-state index contributed by atoms with van der Waals surface area (Å²) >= 11 is 0. The van der Waals surface area contributed by atoms with Gasteiger partial charge in [0.05, 0.1) is 11.3 Å². The smallest absolute Gasteiger partial charge is 0.266 e. The van der Waals surface area contributed by atoms with Gasteiger partial charge in [0.25, 0.3) is 5.91 Å². The third kappa shape index (κ3) is 4.40. The first-order valence-corrected chi connectivity index (χ1v) is 6.00. The van der Waals surface area contributed by atoms with Gasteiger partial charge >= 0.3 is 0 Å². The van der Waals surface area contributed by atoms with Crippen LogP contribution in [0.1, 0.15) is 29.4 Å². The summed E-state index contributed by atoms with van der Waals surface area (Å²) in [6.07, 6.45) is 2.26. The monoisotopic (exact) mass is 252 g/mol. The summed E-state index contributed by atoms with van der Waals surface area (Å²) in [5.74, 6) is 4.69. The maximum atomic E-state index is 11.2. The Morgan fingerprint density at radius 2 is 2.33 bits per heavy atom. The first-order valence-electron chi connectivity index (χ1n) is 6.00. The normalized spacial score (nSPS) is 10.7. The van der Waals surface area contributed by atoms with Crippen molar-refractivity contribution in [2.75, 3.05) is 19.7 Å². The number of aliphatic hydroxyl groups excluding tert-OH is 1. The summed E-state index contributed by atoms with van der Waals surface area (Å²) in [7, 11) is 0.